The maximum atomic E-state index is 13.2. The molecule has 8 heteroatoms. The van der Waals surface area contributed by atoms with E-state index in [1.54, 1.807) is 0 Å². The van der Waals surface area contributed by atoms with Gasteiger partial charge >= 0.3 is 12.1 Å². The molecule has 0 radical (unpaired) electrons. The van der Waals surface area contributed by atoms with Crippen molar-refractivity contribution in [2.45, 2.75) is 12.6 Å². The molecule has 0 unspecified atom stereocenters. The Morgan fingerprint density at radius 1 is 1.22 bits per heavy atom. The van der Waals surface area contributed by atoms with Gasteiger partial charge in [-0.25, -0.2) is 13.2 Å². The van der Waals surface area contributed by atoms with Crippen molar-refractivity contribution in [2.24, 2.45) is 0 Å². The summed E-state index contributed by atoms with van der Waals surface area (Å²) in [4.78, 5) is 10.8. The van der Waals surface area contributed by atoms with E-state index in [-0.39, 0.29) is 6.07 Å². The van der Waals surface area contributed by atoms with E-state index >= 15 is 0 Å². The maximum Gasteiger partial charge on any atom is 0.419 e. The van der Waals surface area contributed by atoms with Crippen LogP contribution in [-0.2, 0) is 22.1 Å². The Kier molecular flexibility index (Phi) is 3.88. The van der Waals surface area contributed by atoms with Crippen LogP contribution in [0.25, 0.3) is 0 Å². The standard InChI is InChI=1S/C10H6F6O2/c1-18-7(17)2-4-5(11)3-6(12)9(13)8(4)10(14,15)16/h3H,2H2,1H3. The van der Waals surface area contributed by atoms with Crippen molar-refractivity contribution in [3.63, 3.8) is 0 Å². The molecule has 0 fully saturated rings. The summed E-state index contributed by atoms with van der Waals surface area (Å²) in [7, 11) is 0.868. The van der Waals surface area contributed by atoms with E-state index in [9.17, 15) is 31.1 Å². The van der Waals surface area contributed by atoms with Gasteiger partial charge in [-0.05, 0) is 0 Å². The molecule has 18 heavy (non-hydrogen) atoms. The first-order valence-electron chi connectivity index (χ1n) is 4.48. The Morgan fingerprint density at radius 3 is 2.22 bits per heavy atom. The zero-order chi connectivity index (χ0) is 14.1. The molecule has 0 bridgehead atoms. The maximum absolute atomic E-state index is 13.2. The molecule has 0 spiro atoms. The highest BCUT2D eigenvalue weighted by Crippen LogP contribution is 2.36. The highest BCUT2D eigenvalue weighted by atomic mass is 19.4. The van der Waals surface area contributed by atoms with Crippen LogP contribution in [0.4, 0.5) is 26.3 Å². The first kappa shape index (κ1) is 14.3. The Labute approximate surface area is 97.2 Å². The second-order valence-corrected chi connectivity index (χ2v) is 3.26. The summed E-state index contributed by atoms with van der Waals surface area (Å²) in [6.45, 7) is 0. The number of carbonyl (C=O) groups excluding carboxylic acids is 1. The molecule has 0 aliphatic rings. The van der Waals surface area contributed by atoms with E-state index < -0.39 is 47.1 Å². The molecule has 0 aliphatic heterocycles. The number of esters is 1. The van der Waals surface area contributed by atoms with Gasteiger partial charge < -0.3 is 4.74 Å². The Bertz CT molecular complexity index is 480. The van der Waals surface area contributed by atoms with Crippen molar-refractivity contribution in [2.75, 3.05) is 7.11 Å². The fourth-order valence-electron chi connectivity index (χ4n) is 1.32. The van der Waals surface area contributed by atoms with E-state index in [1.165, 1.54) is 0 Å². The molecule has 0 heterocycles. The quantitative estimate of drug-likeness (QED) is 0.470. The van der Waals surface area contributed by atoms with Gasteiger partial charge in [0.15, 0.2) is 11.6 Å². The molecule has 0 amide bonds. The number of carbonyl (C=O) groups is 1. The van der Waals surface area contributed by atoms with Crippen molar-refractivity contribution < 1.29 is 35.9 Å². The van der Waals surface area contributed by atoms with Crippen LogP contribution in [-0.4, -0.2) is 13.1 Å². The molecule has 0 aromatic heterocycles. The lowest BCUT2D eigenvalue weighted by Crippen LogP contribution is -2.18. The van der Waals surface area contributed by atoms with Gasteiger partial charge in [-0.3, -0.25) is 4.79 Å². The average molecular weight is 272 g/mol. The molecule has 1 aromatic carbocycles. The summed E-state index contributed by atoms with van der Waals surface area (Å²) < 4.78 is 80.6. The van der Waals surface area contributed by atoms with Gasteiger partial charge in [0.05, 0.1) is 13.5 Å². The van der Waals surface area contributed by atoms with Crippen molar-refractivity contribution >= 4 is 5.97 Å². The molecule has 0 saturated carbocycles. The normalized spacial score (nSPS) is 11.5. The summed E-state index contributed by atoms with van der Waals surface area (Å²) in [6.07, 6.45) is -6.47. The molecule has 0 saturated heterocycles. The summed E-state index contributed by atoms with van der Waals surface area (Å²) in [5.41, 5.74) is -3.42. The van der Waals surface area contributed by atoms with Gasteiger partial charge in [-0.2, -0.15) is 13.2 Å². The first-order chi connectivity index (χ1) is 8.18. The zero-order valence-corrected chi connectivity index (χ0v) is 8.87. The van der Waals surface area contributed by atoms with E-state index in [4.69, 9.17) is 0 Å². The largest absolute Gasteiger partial charge is 0.469 e. The van der Waals surface area contributed by atoms with Gasteiger partial charge in [0.25, 0.3) is 0 Å². The zero-order valence-electron chi connectivity index (χ0n) is 8.87. The molecule has 2 nitrogen and oxygen atoms in total. The minimum Gasteiger partial charge on any atom is -0.469 e. The third-order valence-corrected chi connectivity index (χ3v) is 2.10. The lowest BCUT2D eigenvalue weighted by atomic mass is 10.0. The van der Waals surface area contributed by atoms with Crippen LogP contribution in [0.5, 0.6) is 0 Å². The Morgan fingerprint density at radius 2 is 1.78 bits per heavy atom. The highest BCUT2D eigenvalue weighted by molar-refractivity contribution is 5.73. The SMILES string of the molecule is COC(=O)Cc1c(F)cc(F)c(F)c1C(F)(F)F. The summed E-state index contributed by atoms with van der Waals surface area (Å²) in [6, 6.07) is -0.0527. The number of alkyl halides is 3. The van der Waals surface area contributed by atoms with E-state index in [0.717, 1.165) is 7.11 Å². The van der Waals surface area contributed by atoms with Crippen LogP contribution in [0.2, 0.25) is 0 Å². The predicted octanol–water partition coefficient (Wildman–Crippen LogP) is 2.84. The highest BCUT2D eigenvalue weighted by Gasteiger charge is 2.40. The third-order valence-electron chi connectivity index (χ3n) is 2.10. The number of halogens is 6. The third kappa shape index (κ3) is 2.74. The number of rotatable bonds is 2. The minimum absolute atomic E-state index is 0.0527. The van der Waals surface area contributed by atoms with Gasteiger partial charge in [0.2, 0.25) is 0 Å². The average Bonchev–Trinajstić information content (AvgIpc) is 2.23. The molecule has 1 aromatic rings. The topological polar surface area (TPSA) is 26.3 Å². The lowest BCUT2D eigenvalue weighted by Gasteiger charge is -2.14. The second-order valence-electron chi connectivity index (χ2n) is 3.26. The molecular weight excluding hydrogens is 266 g/mol. The van der Waals surface area contributed by atoms with Crippen molar-refractivity contribution in [3.8, 4) is 0 Å². The Balaban J connectivity index is 3.48. The van der Waals surface area contributed by atoms with Crippen LogP contribution in [0.15, 0.2) is 6.07 Å². The number of methoxy groups -OCH3 is 1. The monoisotopic (exact) mass is 272 g/mol. The molecular formula is C10H6F6O2. The second kappa shape index (κ2) is 4.87. The van der Waals surface area contributed by atoms with Gasteiger partial charge in [-0.1, -0.05) is 0 Å². The molecule has 0 aliphatic carbocycles. The van der Waals surface area contributed by atoms with E-state index in [1.807, 2.05) is 0 Å². The minimum atomic E-state index is -5.32. The molecule has 0 N–H and O–H groups in total. The first-order valence-corrected chi connectivity index (χ1v) is 4.48. The number of ether oxygens (including phenoxy) is 1. The van der Waals surface area contributed by atoms with Crippen LogP contribution in [0.3, 0.4) is 0 Å². The van der Waals surface area contributed by atoms with Crippen LogP contribution >= 0.6 is 0 Å². The predicted molar refractivity (Wildman–Crippen MR) is 47.0 cm³/mol. The Hall–Kier alpha value is -1.73. The number of hydrogen-bond donors (Lipinski definition) is 0. The lowest BCUT2D eigenvalue weighted by molar-refractivity contribution is -0.143. The molecule has 0 atom stereocenters. The van der Waals surface area contributed by atoms with Crippen LogP contribution in [0.1, 0.15) is 11.1 Å². The summed E-state index contributed by atoms with van der Waals surface area (Å²) >= 11 is 0. The van der Waals surface area contributed by atoms with Gasteiger partial charge in [-0.15, -0.1) is 0 Å². The van der Waals surface area contributed by atoms with E-state index in [0.29, 0.717) is 0 Å². The fraction of sp³-hybridized carbons (Fsp3) is 0.300. The van der Waals surface area contributed by atoms with E-state index in [2.05, 4.69) is 4.74 Å². The summed E-state index contributed by atoms with van der Waals surface area (Å²) in [5.74, 6) is -7.09. The van der Waals surface area contributed by atoms with Crippen LogP contribution in [0, 0.1) is 17.5 Å². The van der Waals surface area contributed by atoms with Crippen LogP contribution < -0.4 is 0 Å². The number of benzene rings is 1. The smallest absolute Gasteiger partial charge is 0.419 e. The van der Waals surface area contributed by atoms with Gasteiger partial charge in [0.1, 0.15) is 11.4 Å². The fourth-order valence-corrected chi connectivity index (χ4v) is 1.32. The summed E-state index contributed by atoms with van der Waals surface area (Å²) in [5, 5.41) is 0. The van der Waals surface area contributed by atoms with Crippen molar-refractivity contribution in [1.29, 1.82) is 0 Å². The van der Waals surface area contributed by atoms with Gasteiger partial charge in [0, 0.05) is 11.6 Å². The van der Waals surface area contributed by atoms with Crippen molar-refractivity contribution in [3.05, 3.63) is 34.6 Å². The molecule has 1 rings (SSSR count). The van der Waals surface area contributed by atoms with Crippen molar-refractivity contribution in [1.82, 2.24) is 0 Å². The molecule has 100 valence electrons. The number of hydrogen-bond acceptors (Lipinski definition) is 2.